The Morgan fingerprint density at radius 1 is 1.40 bits per heavy atom. The largest absolute Gasteiger partial charge is 0.486 e. The first kappa shape index (κ1) is 13.2. The van der Waals surface area contributed by atoms with E-state index < -0.39 is 0 Å². The lowest BCUT2D eigenvalue weighted by molar-refractivity contribution is 0.0766. The van der Waals surface area contributed by atoms with E-state index in [0.717, 1.165) is 13.0 Å². The van der Waals surface area contributed by atoms with Crippen LogP contribution < -0.4 is 15.2 Å². The predicted octanol–water partition coefficient (Wildman–Crippen LogP) is 1.27. The van der Waals surface area contributed by atoms with E-state index in [2.05, 4.69) is 6.92 Å². The first-order valence-corrected chi connectivity index (χ1v) is 7.01. The van der Waals surface area contributed by atoms with Crippen molar-refractivity contribution >= 4 is 5.91 Å². The number of carbonyl (C=O) groups is 1. The minimum Gasteiger partial charge on any atom is -0.486 e. The van der Waals surface area contributed by atoms with Crippen molar-refractivity contribution in [1.29, 1.82) is 0 Å². The van der Waals surface area contributed by atoms with Gasteiger partial charge in [-0.3, -0.25) is 4.79 Å². The Kier molecular flexibility index (Phi) is 3.30. The van der Waals surface area contributed by atoms with Crippen LogP contribution in [0.25, 0.3) is 0 Å². The molecule has 20 heavy (non-hydrogen) atoms. The van der Waals surface area contributed by atoms with Crippen LogP contribution in [0.1, 0.15) is 23.7 Å². The summed E-state index contributed by atoms with van der Waals surface area (Å²) in [5, 5.41) is 0. The van der Waals surface area contributed by atoms with Gasteiger partial charge in [0.25, 0.3) is 5.91 Å². The fraction of sp³-hybridized carbons (Fsp3) is 0.533. The van der Waals surface area contributed by atoms with Crippen molar-refractivity contribution in [3.63, 3.8) is 0 Å². The van der Waals surface area contributed by atoms with Crippen molar-refractivity contribution in [3.8, 4) is 11.5 Å². The quantitative estimate of drug-likeness (QED) is 0.883. The highest BCUT2D eigenvalue weighted by Crippen LogP contribution is 2.36. The van der Waals surface area contributed by atoms with Crippen LogP contribution in [0.3, 0.4) is 0 Å². The van der Waals surface area contributed by atoms with Crippen molar-refractivity contribution in [3.05, 3.63) is 23.8 Å². The first-order valence-electron chi connectivity index (χ1n) is 7.01. The van der Waals surface area contributed by atoms with Gasteiger partial charge in [-0.1, -0.05) is 13.0 Å². The van der Waals surface area contributed by atoms with Gasteiger partial charge in [-0.2, -0.15) is 0 Å². The monoisotopic (exact) mass is 276 g/mol. The summed E-state index contributed by atoms with van der Waals surface area (Å²) in [6.07, 6.45) is 0.946. The second kappa shape index (κ2) is 4.98. The second-order valence-electron chi connectivity index (χ2n) is 5.82. The molecule has 0 saturated carbocycles. The van der Waals surface area contributed by atoms with Gasteiger partial charge in [-0.05, 0) is 30.5 Å². The van der Waals surface area contributed by atoms with E-state index in [1.807, 2.05) is 17.0 Å². The standard InChI is InChI=1S/C15H20N2O3/c1-15(9-16)5-6-17(10-15)14(18)11-3-2-4-12-13(11)20-8-7-19-12/h2-4H,5-10,16H2,1H3/t15-/m1/s1. The first-order chi connectivity index (χ1) is 9.63. The molecular weight excluding hydrogens is 256 g/mol. The SMILES string of the molecule is C[C@]1(CN)CCN(C(=O)c2cccc3c2OCCO3)C1. The van der Waals surface area contributed by atoms with Crippen molar-refractivity contribution in [1.82, 2.24) is 4.90 Å². The molecule has 5 nitrogen and oxygen atoms in total. The summed E-state index contributed by atoms with van der Waals surface area (Å²) in [6, 6.07) is 5.46. The fourth-order valence-electron chi connectivity index (χ4n) is 2.78. The van der Waals surface area contributed by atoms with E-state index in [1.54, 1.807) is 6.07 Å². The molecule has 0 unspecified atom stereocenters. The number of hydrogen-bond acceptors (Lipinski definition) is 4. The summed E-state index contributed by atoms with van der Waals surface area (Å²) in [6.45, 7) is 5.19. The summed E-state index contributed by atoms with van der Waals surface area (Å²) >= 11 is 0. The number of carbonyl (C=O) groups excluding carboxylic acids is 1. The van der Waals surface area contributed by atoms with Gasteiger partial charge in [0.1, 0.15) is 13.2 Å². The predicted molar refractivity (Wildman–Crippen MR) is 75.1 cm³/mol. The molecule has 0 aromatic heterocycles. The van der Waals surface area contributed by atoms with E-state index in [4.69, 9.17) is 15.2 Å². The minimum absolute atomic E-state index is 0.00419. The third-order valence-electron chi connectivity index (χ3n) is 4.13. The summed E-state index contributed by atoms with van der Waals surface area (Å²) in [5.41, 5.74) is 6.41. The van der Waals surface area contributed by atoms with Crippen molar-refractivity contribution in [2.24, 2.45) is 11.1 Å². The molecule has 1 aromatic rings. The lowest BCUT2D eigenvalue weighted by Crippen LogP contribution is -2.35. The molecule has 2 N–H and O–H groups in total. The maximum atomic E-state index is 12.7. The van der Waals surface area contributed by atoms with Crippen LogP contribution in [0.4, 0.5) is 0 Å². The lowest BCUT2D eigenvalue weighted by Gasteiger charge is -2.25. The molecule has 1 fully saturated rings. The van der Waals surface area contributed by atoms with Gasteiger partial charge in [-0.25, -0.2) is 0 Å². The van der Waals surface area contributed by atoms with Gasteiger partial charge in [0, 0.05) is 13.1 Å². The van der Waals surface area contributed by atoms with Crippen LogP contribution in [0.5, 0.6) is 11.5 Å². The highest BCUT2D eigenvalue weighted by molar-refractivity contribution is 5.98. The number of amides is 1. The molecule has 2 aliphatic heterocycles. The molecule has 0 spiro atoms. The maximum Gasteiger partial charge on any atom is 0.257 e. The van der Waals surface area contributed by atoms with E-state index in [9.17, 15) is 4.79 Å². The zero-order valence-electron chi connectivity index (χ0n) is 11.7. The van der Waals surface area contributed by atoms with Crippen LogP contribution in [-0.4, -0.2) is 43.7 Å². The zero-order chi connectivity index (χ0) is 14.2. The Morgan fingerprint density at radius 2 is 2.20 bits per heavy atom. The van der Waals surface area contributed by atoms with E-state index >= 15 is 0 Å². The number of nitrogens with zero attached hydrogens (tertiary/aromatic N) is 1. The summed E-state index contributed by atoms with van der Waals surface area (Å²) < 4.78 is 11.1. The van der Waals surface area contributed by atoms with E-state index in [1.165, 1.54) is 0 Å². The van der Waals surface area contributed by atoms with Crippen LogP contribution in [0, 0.1) is 5.41 Å². The molecule has 1 saturated heterocycles. The molecule has 108 valence electrons. The normalized spacial score (nSPS) is 24.8. The van der Waals surface area contributed by atoms with Gasteiger partial charge in [-0.15, -0.1) is 0 Å². The van der Waals surface area contributed by atoms with Gasteiger partial charge in [0.2, 0.25) is 0 Å². The number of nitrogens with two attached hydrogens (primary N) is 1. The molecule has 0 aliphatic carbocycles. The highest BCUT2D eigenvalue weighted by Gasteiger charge is 2.36. The molecule has 2 heterocycles. The van der Waals surface area contributed by atoms with Crippen LogP contribution in [0.2, 0.25) is 0 Å². The number of rotatable bonds is 2. The number of fused-ring (bicyclic) bond motifs is 1. The fourth-order valence-corrected chi connectivity index (χ4v) is 2.78. The summed E-state index contributed by atoms with van der Waals surface area (Å²) in [4.78, 5) is 14.5. The molecule has 3 rings (SSSR count). The molecule has 5 heteroatoms. The molecular formula is C15H20N2O3. The number of ether oxygens (including phenoxy) is 2. The number of likely N-dealkylation sites (tertiary alicyclic amines) is 1. The van der Waals surface area contributed by atoms with Gasteiger partial charge >= 0.3 is 0 Å². The van der Waals surface area contributed by atoms with Crippen molar-refractivity contribution < 1.29 is 14.3 Å². The molecule has 0 radical (unpaired) electrons. The summed E-state index contributed by atoms with van der Waals surface area (Å²) in [5.74, 6) is 1.23. The zero-order valence-corrected chi connectivity index (χ0v) is 11.7. The van der Waals surface area contributed by atoms with E-state index in [0.29, 0.717) is 43.4 Å². The van der Waals surface area contributed by atoms with Gasteiger partial charge in [0.15, 0.2) is 11.5 Å². The van der Waals surface area contributed by atoms with Crippen LogP contribution in [-0.2, 0) is 0 Å². The third-order valence-corrected chi connectivity index (χ3v) is 4.13. The number of benzene rings is 1. The minimum atomic E-state index is 0.00419. The second-order valence-corrected chi connectivity index (χ2v) is 5.82. The van der Waals surface area contributed by atoms with Gasteiger partial charge in [0.05, 0.1) is 5.56 Å². The molecule has 0 bridgehead atoms. The average Bonchev–Trinajstić information content (AvgIpc) is 2.89. The topological polar surface area (TPSA) is 64.8 Å². The highest BCUT2D eigenvalue weighted by atomic mass is 16.6. The smallest absolute Gasteiger partial charge is 0.257 e. The number of para-hydroxylation sites is 1. The lowest BCUT2D eigenvalue weighted by atomic mass is 9.90. The van der Waals surface area contributed by atoms with E-state index in [-0.39, 0.29) is 11.3 Å². The molecule has 1 amide bonds. The van der Waals surface area contributed by atoms with Crippen LogP contribution >= 0.6 is 0 Å². The Morgan fingerprint density at radius 3 is 2.95 bits per heavy atom. The maximum absolute atomic E-state index is 12.7. The average molecular weight is 276 g/mol. The summed E-state index contributed by atoms with van der Waals surface area (Å²) in [7, 11) is 0. The Balaban J connectivity index is 1.85. The molecule has 1 aromatic carbocycles. The Hall–Kier alpha value is -1.75. The third kappa shape index (κ3) is 2.22. The van der Waals surface area contributed by atoms with Crippen molar-refractivity contribution in [2.75, 3.05) is 32.8 Å². The molecule has 1 atom stereocenters. The molecule has 2 aliphatic rings. The van der Waals surface area contributed by atoms with Crippen LogP contribution in [0.15, 0.2) is 18.2 Å². The van der Waals surface area contributed by atoms with Gasteiger partial charge < -0.3 is 20.1 Å². The number of hydrogen-bond donors (Lipinski definition) is 1. The van der Waals surface area contributed by atoms with Crippen molar-refractivity contribution in [2.45, 2.75) is 13.3 Å². The Bertz CT molecular complexity index is 532. The Labute approximate surface area is 118 Å².